The molecule has 8 heteroatoms. The third kappa shape index (κ3) is 3.98. The van der Waals surface area contributed by atoms with E-state index in [1.54, 1.807) is 17.6 Å². The second-order valence-electron chi connectivity index (χ2n) is 6.03. The van der Waals surface area contributed by atoms with Gasteiger partial charge in [0.2, 0.25) is 10.0 Å². The van der Waals surface area contributed by atoms with Crippen molar-refractivity contribution in [2.45, 2.75) is 23.8 Å². The molecule has 1 saturated heterocycles. The summed E-state index contributed by atoms with van der Waals surface area (Å²) < 4.78 is 33.2. The van der Waals surface area contributed by atoms with Gasteiger partial charge in [-0.15, -0.1) is 0 Å². The van der Waals surface area contributed by atoms with Gasteiger partial charge in [-0.3, -0.25) is 10.0 Å². The van der Waals surface area contributed by atoms with E-state index in [-0.39, 0.29) is 10.8 Å². The number of amides is 1. The summed E-state index contributed by atoms with van der Waals surface area (Å²) in [6.45, 7) is 0.912. The minimum absolute atomic E-state index is 0.0778. The van der Waals surface area contributed by atoms with Crippen molar-refractivity contribution in [3.63, 3.8) is 0 Å². The number of carbonyl (C=O) groups is 1. The zero-order valence-electron chi connectivity index (χ0n) is 13.5. The van der Waals surface area contributed by atoms with E-state index in [4.69, 9.17) is 9.94 Å². The van der Waals surface area contributed by atoms with Crippen LogP contribution in [0.15, 0.2) is 47.4 Å². The molecule has 2 aromatic carbocycles. The normalized spacial score (nSPS) is 17.3. The van der Waals surface area contributed by atoms with Crippen LogP contribution >= 0.6 is 0 Å². The third-order valence-corrected chi connectivity index (χ3v) is 5.88. The molecule has 3 rings (SSSR count). The molecule has 0 bridgehead atoms. The van der Waals surface area contributed by atoms with E-state index < -0.39 is 22.0 Å². The second-order valence-corrected chi connectivity index (χ2v) is 7.75. The zero-order valence-corrected chi connectivity index (χ0v) is 14.3. The maximum Gasteiger partial charge on any atom is 0.261 e. The van der Waals surface area contributed by atoms with Gasteiger partial charge in [0.1, 0.15) is 6.04 Å². The van der Waals surface area contributed by atoms with Crippen molar-refractivity contribution in [3.05, 3.63) is 42.5 Å². The van der Waals surface area contributed by atoms with Gasteiger partial charge in [-0.25, -0.2) is 13.9 Å². The van der Waals surface area contributed by atoms with E-state index in [0.717, 1.165) is 10.8 Å². The average molecular weight is 364 g/mol. The van der Waals surface area contributed by atoms with Crippen molar-refractivity contribution in [1.82, 2.24) is 10.2 Å². The number of hydroxylamine groups is 1. The van der Waals surface area contributed by atoms with Gasteiger partial charge < -0.3 is 4.74 Å². The van der Waals surface area contributed by atoms with Crippen molar-refractivity contribution in [2.75, 3.05) is 13.2 Å². The predicted molar refractivity (Wildman–Crippen MR) is 91.5 cm³/mol. The highest BCUT2D eigenvalue weighted by Crippen LogP contribution is 2.23. The lowest BCUT2D eigenvalue weighted by Gasteiger charge is -2.29. The number of fused-ring (bicyclic) bond motifs is 1. The quantitative estimate of drug-likeness (QED) is 0.550. The van der Waals surface area contributed by atoms with Crippen molar-refractivity contribution < 1.29 is 23.2 Å². The molecule has 1 fully saturated rings. The number of hydrogen-bond donors (Lipinski definition) is 3. The van der Waals surface area contributed by atoms with E-state index in [0.29, 0.717) is 26.1 Å². The van der Waals surface area contributed by atoms with Crippen LogP contribution in [0.3, 0.4) is 0 Å². The Bertz CT molecular complexity index is 862. The first-order valence-corrected chi connectivity index (χ1v) is 9.52. The number of benzene rings is 2. The highest BCUT2D eigenvalue weighted by molar-refractivity contribution is 7.89. The Morgan fingerprint density at radius 1 is 1.12 bits per heavy atom. The summed E-state index contributed by atoms with van der Waals surface area (Å²) in [6.07, 6.45) is 1.08. The molecule has 1 aliphatic rings. The van der Waals surface area contributed by atoms with Gasteiger partial charge in [0.15, 0.2) is 0 Å². The third-order valence-electron chi connectivity index (χ3n) is 4.44. The minimum atomic E-state index is -3.92. The summed E-state index contributed by atoms with van der Waals surface area (Å²) >= 11 is 0. The van der Waals surface area contributed by atoms with Gasteiger partial charge in [-0.1, -0.05) is 30.3 Å². The maximum atomic E-state index is 12.7. The molecule has 1 atom stereocenters. The molecule has 1 amide bonds. The SMILES string of the molecule is O=C(NO)C(NS(=O)(=O)c1ccc2ccccc2c1)C1CCOCC1. The lowest BCUT2D eigenvalue weighted by atomic mass is 9.92. The predicted octanol–water partition coefficient (Wildman–Crippen LogP) is 1.42. The first-order chi connectivity index (χ1) is 12.0. The zero-order chi connectivity index (χ0) is 17.9. The number of hydrogen-bond acceptors (Lipinski definition) is 5. The Labute approximate surface area is 146 Å². The van der Waals surface area contributed by atoms with Gasteiger partial charge in [0.05, 0.1) is 4.90 Å². The van der Waals surface area contributed by atoms with Crippen LogP contribution in [-0.4, -0.2) is 38.8 Å². The molecule has 1 heterocycles. The summed E-state index contributed by atoms with van der Waals surface area (Å²) in [6, 6.07) is 11.2. The van der Waals surface area contributed by atoms with Gasteiger partial charge in [-0.2, -0.15) is 4.72 Å². The van der Waals surface area contributed by atoms with E-state index in [9.17, 15) is 13.2 Å². The largest absolute Gasteiger partial charge is 0.381 e. The average Bonchev–Trinajstić information content (AvgIpc) is 2.66. The van der Waals surface area contributed by atoms with Crippen LogP contribution in [0.5, 0.6) is 0 Å². The monoisotopic (exact) mass is 364 g/mol. The van der Waals surface area contributed by atoms with Crippen LogP contribution in [0.25, 0.3) is 10.8 Å². The fraction of sp³-hybridized carbons (Fsp3) is 0.353. The van der Waals surface area contributed by atoms with Crippen molar-refractivity contribution >= 4 is 26.7 Å². The Kier molecular flexibility index (Phi) is 5.33. The molecular formula is C17H20N2O5S. The molecule has 0 radical (unpaired) electrons. The molecule has 0 aromatic heterocycles. The molecule has 2 aromatic rings. The van der Waals surface area contributed by atoms with Crippen LogP contribution in [0.2, 0.25) is 0 Å². The molecule has 1 unspecified atom stereocenters. The first-order valence-electron chi connectivity index (χ1n) is 8.04. The number of sulfonamides is 1. The van der Waals surface area contributed by atoms with Crippen molar-refractivity contribution in [2.24, 2.45) is 5.92 Å². The van der Waals surface area contributed by atoms with Gasteiger partial charge in [-0.05, 0) is 41.7 Å². The molecule has 1 aliphatic heterocycles. The highest BCUT2D eigenvalue weighted by Gasteiger charge is 2.33. The molecule has 0 saturated carbocycles. The lowest BCUT2D eigenvalue weighted by molar-refractivity contribution is -0.133. The molecule has 0 spiro atoms. The van der Waals surface area contributed by atoms with Crippen molar-refractivity contribution in [3.8, 4) is 0 Å². The summed E-state index contributed by atoms with van der Waals surface area (Å²) in [5, 5.41) is 10.7. The first kappa shape index (κ1) is 17.8. The van der Waals surface area contributed by atoms with E-state index in [1.165, 1.54) is 6.07 Å². The van der Waals surface area contributed by atoms with Crippen LogP contribution < -0.4 is 10.2 Å². The van der Waals surface area contributed by atoms with E-state index >= 15 is 0 Å². The summed E-state index contributed by atoms with van der Waals surface area (Å²) in [5.41, 5.74) is 1.56. The van der Waals surface area contributed by atoms with Gasteiger partial charge in [0.25, 0.3) is 5.91 Å². The van der Waals surface area contributed by atoms with Gasteiger partial charge in [0, 0.05) is 13.2 Å². The minimum Gasteiger partial charge on any atom is -0.381 e. The standard InChI is InChI=1S/C17H20N2O5S/c20-17(18-21)16(13-7-9-24-10-8-13)19-25(22,23)15-6-5-12-3-1-2-4-14(12)11-15/h1-6,11,13,16,19,21H,7-10H2,(H,18,20). The Morgan fingerprint density at radius 3 is 2.48 bits per heavy atom. The molecular weight excluding hydrogens is 344 g/mol. The number of ether oxygens (including phenoxy) is 1. The summed E-state index contributed by atoms with van der Waals surface area (Å²) in [4.78, 5) is 12.1. The molecule has 3 N–H and O–H groups in total. The second kappa shape index (κ2) is 7.49. The fourth-order valence-corrected chi connectivity index (χ4v) is 4.35. The topological polar surface area (TPSA) is 105 Å². The maximum absolute atomic E-state index is 12.7. The van der Waals surface area contributed by atoms with Crippen LogP contribution in [0.4, 0.5) is 0 Å². The number of rotatable bonds is 5. The Hall–Kier alpha value is -2.00. The van der Waals surface area contributed by atoms with Crippen molar-refractivity contribution in [1.29, 1.82) is 0 Å². The Morgan fingerprint density at radius 2 is 1.80 bits per heavy atom. The summed E-state index contributed by atoms with van der Waals surface area (Å²) in [5.74, 6) is -1.01. The van der Waals surface area contributed by atoms with E-state index in [2.05, 4.69) is 4.72 Å². The van der Waals surface area contributed by atoms with Crippen LogP contribution in [0.1, 0.15) is 12.8 Å². The van der Waals surface area contributed by atoms with Crippen LogP contribution in [-0.2, 0) is 19.6 Å². The number of nitrogens with one attached hydrogen (secondary N) is 2. The van der Waals surface area contributed by atoms with Crippen LogP contribution in [0, 0.1) is 5.92 Å². The number of carbonyl (C=O) groups excluding carboxylic acids is 1. The fourth-order valence-electron chi connectivity index (χ4n) is 3.05. The molecule has 7 nitrogen and oxygen atoms in total. The lowest BCUT2D eigenvalue weighted by Crippen LogP contribution is -2.51. The summed E-state index contributed by atoms with van der Waals surface area (Å²) in [7, 11) is -3.92. The highest BCUT2D eigenvalue weighted by atomic mass is 32.2. The molecule has 25 heavy (non-hydrogen) atoms. The molecule has 134 valence electrons. The smallest absolute Gasteiger partial charge is 0.261 e. The Balaban J connectivity index is 1.89. The van der Waals surface area contributed by atoms with Gasteiger partial charge >= 0.3 is 0 Å². The van der Waals surface area contributed by atoms with E-state index in [1.807, 2.05) is 24.3 Å². The molecule has 0 aliphatic carbocycles.